The van der Waals surface area contributed by atoms with Crippen LogP contribution in [0.4, 0.5) is 0 Å². The lowest BCUT2D eigenvalue weighted by Gasteiger charge is -2.45. The molecule has 6 nitrogen and oxygen atoms in total. The van der Waals surface area contributed by atoms with Crippen molar-refractivity contribution in [2.24, 2.45) is 17.6 Å². The van der Waals surface area contributed by atoms with Gasteiger partial charge in [0.2, 0.25) is 0 Å². The van der Waals surface area contributed by atoms with Gasteiger partial charge in [-0.1, -0.05) is 6.42 Å². The number of rotatable bonds is 2. The summed E-state index contributed by atoms with van der Waals surface area (Å²) in [5.74, 6) is 1.84. The first-order chi connectivity index (χ1) is 11.1. The van der Waals surface area contributed by atoms with Gasteiger partial charge in [0.1, 0.15) is 5.82 Å². The predicted octanol–water partition coefficient (Wildman–Crippen LogP) is 2.52. The van der Waals surface area contributed by atoms with Crippen molar-refractivity contribution >= 4 is 36.4 Å². The SMILES string of the molecule is Cc1nnc2ccc(C(=O)NC3C4CCCC3CC(N)C4)cn12.Cl.Cl. The van der Waals surface area contributed by atoms with Crippen molar-refractivity contribution in [1.29, 1.82) is 0 Å². The Labute approximate surface area is 159 Å². The molecule has 0 saturated heterocycles. The minimum Gasteiger partial charge on any atom is -0.349 e. The highest BCUT2D eigenvalue weighted by atomic mass is 35.5. The molecule has 2 atom stereocenters. The summed E-state index contributed by atoms with van der Waals surface area (Å²) in [6.07, 6.45) is 7.51. The number of aryl methyl sites for hydroxylation is 1. The Hall–Kier alpha value is -1.37. The van der Waals surface area contributed by atoms with Crippen molar-refractivity contribution in [3.63, 3.8) is 0 Å². The van der Waals surface area contributed by atoms with Gasteiger partial charge in [-0.25, -0.2) is 0 Å². The number of nitrogens with two attached hydrogens (primary N) is 1. The molecule has 0 radical (unpaired) electrons. The van der Waals surface area contributed by atoms with Crippen LogP contribution in [0.1, 0.15) is 48.3 Å². The molecular weight excluding hydrogens is 361 g/mol. The molecule has 2 saturated carbocycles. The second kappa shape index (κ2) is 7.89. The molecule has 2 unspecified atom stereocenters. The summed E-state index contributed by atoms with van der Waals surface area (Å²) < 4.78 is 1.85. The molecule has 0 aromatic carbocycles. The number of aromatic nitrogens is 3. The second-order valence-corrected chi connectivity index (χ2v) is 7.07. The molecule has 2 bridgehead atoms. The number of amides is 1. The zero-order valence-electron chi connectivity index (χ0n) is 14.2. The third kappa shape index (κ3) is 3.76. The molecule has 2 aliphatic rings. The molecule has 25 heavy (non-hydrogen) atoms. The van der Waals surface area contributed by atoms with Gasteiger partial charge < -0.3 is 11.1 Å². The van der Waals surface area contributed by atoms with Gasteiger partial charge in [-0.15, -0.1) is 35.0 Å². The molecular formula is C17H25Cl2N5O. The molecule has 2 fully saturated rings. The van der Waals surface area contributed by atoms with E-state index < -0.39 is 0 Å². The number of nitrogens with zero attached hydrogens (tertiary/aromatic N) is 3. The van der Waals surface area contributed by atoms with Gasteiger partial charge in [-0.3, -0.25) is 9.20 Å². The van der Waals surface area contributed by atoms with Crippen molar-refractivity contribution in [3.05, 3.63) is 29.7 Å². The highest BCUT2D eigenvalue weighted by molar-refractivity contribution is 5.94. The van der Waals surface area contributed by atoms with Crippen molar-refractivity contribution in [2.75, 3.05) is 0 Å². The quantitative estimate of drug-likeness (QED) is 0.831. The van der Waals surface area contributed by atoms with Crippen LogP contribution >= 0.6 is 24.8 Å². The monoisotopic (exact) mass is 385 g/mol. The fourth-order valence-electron chi connectivity index (χ4n) is 4.40. The third-order valence-electron chi connectivity index (χ3n) is 5.51. The summed E-state index contributed by atoms with van der Waals surface area (Å²) in [5.41, 5.74) is 7.59. The van der Waals surface area contributed by atoms with Crippen LogP contribution < -0.4 is 11.1 Å². The lowest BCUT2D eigenvalue weighted by atomic mass is 9.67. The van der Waals surface area contributed by atoms with E-state index in [-0.39, 0.29) is 36.8 Å². The summed E-state index contributed by atoms with van der Waals surface area (Å²) in [6, 6.07) is 4.23. The molecule has 2 aromatic heterocycles. The molecule has 4 rings (SSSR count). The fourth-order valence-corrected chi connectivity index (χ4v) is 4.40. The summed E-state index contributed by atoms with van der Waals surface area (Å²) in [5, 5.41) is 11.4. The van der Waals surface area contributed by atoms with Crippen molar-refractivity contribution < 1.29 is 4.79 Å². The maximum absolute atomic E-state index is 12.7. The Balaban J connectivity index is 0.00000113. The van der Waals surface area contributed by atoms with Crippen molar-refractivity contribution in [2.45, 2.75) is 51.1 Å². The average Bonchev–Trinajstić information content (AvgIpc) is 2.89. The number of hydrogen-bond donors (Lipinski definition) is 2. The van der Waals surface area contributed by atoms with Gasteiger partial charge in [-0.2, -0.15) is 0 Å². The average molecular weight is 386 g/mol. The Kier molecular flexibility index (Phi) is 6.30. The second-order valence-electron chi connectivity index (χ2n) is 7.07. The van der Waals surface area contributed by atoms with Crippen molar-refractivity contribution in [3.8, 4) is 0 Å². The zero-order valence-corrected chi connectivity index (χ0v) is 15.9. The Bertz CT molecular complexity index is 736. The van der Waals surface area contributed by atoms with Crippen LogP contribution in [-0.2, 0) is 0 Å². The molecule has 1 amide bonds. The fraction of sp³-hybridized carbons (Fsp3) is 0.588. The van der Waals surface area contributed by atoms with Crippen LogP contribution in [0.2, 0.25) is 0 Å². The normalized spacial score (nSPS) is 27.9. The largest absolute Gasteiger partial charge is 0.349 e. The van der Waals surface area contributed by atoms with Crippen LogP contribution in [0.15, 0.2) is 18.3 Å². The van der Waals surface area contributed by atoms with Gasteiger partial charge in [0.25, 0.3) is 5.91 Å². The number of hydrogen-bond acceptors (Lipinski definition) is 4. The Morgan fingerprint density at radius 3 is 2.56 bits per heavy atom. The molecule has 0 aliphatic heterocycles. The summed E-state index contributed by atoms with van der Waals surface area (Å²) in [4.78, 5) is 12.7. The van der Waals surface area contributed by atoms with Crippen LogP contribution in [-0.4, -0.2) is 32.6 Å². The summed E-state index contributed by atoms with van der Waals surface area (Å²) in [7, 11) is 0. The first kappa shape index (κ1) is 19.9. The number of carbonyl (C=O) groups excluding carboxylic acids is 1. The third-order valence-corrected chi connectivity index (χ3v) is 5.51. The number of nitrogens with one attached hydrogen (secondary N) is 1. The number of halogens is 2. The molecule has 8 heteroatoms. The Morgan fingerprint density at radius 1 is 1.20 bits per heavy atom. The first-order valence-electron chi connectivity index (χ1n) is 8.49. The lowest BCUT2D eigenvalue weighted by Crippen LogP contribution is -2.53. The van der Waals surface area contributed by atoms with E-state index in [1.807, 2.05) is 29.7 Å². The van der Waals surface area contributed by atoms with E-state index in [4.69, 9.17) is 5.73 Å². The first-order valence-corrected chi connectivity index (χ1v) is 8.49. The highest BCUT2D eigenvalue weighted by Gasteiger charge is 2.39. The van der Waals surface area contributed by atoms with E-state index in [2.05, 4.69) is 15.5 Å². The highest BCUT2D eigenvalue weighted by Crippen LogP contribution is 2.39. The lowest BCUT2D eigenvalue weighted by molar-refractivity contribution is 0.0755. The van der Waals surface area contributed by atoms with Gasteiger partial charge in [0.05, 0.1) is 5.56 Å². The van der Waals surface area contributed by atoms with E-state index in [9.17, 15) is 4.79 Å². The molecule has 0 spiro atoms. The van der Waals surface area contributed by atoms with Gasteiger partial charge >= 0.3 is 0 Å². The Morgan fingerprint density at radius 2 is 1.88 bits per heavy atom. The topological polar surface area (TPSA) is 85.3 Å². The molecule has 2 heterocycles. The van der Waals surface area contributed by atoms with Crippen LogP contribution in [0.3, 0.4) is 0 Å². The minimum absolute atomic E-state index is 0. The molecule has 138 valence electrons. The van der Waals surface area contributed by atoms with E-state index in [0.717, 1.165) is 24.3 Å². The molecule has 2 aliphatic carbocycles. The summed E-state index contributed by atoms with van der Waals surface area (Å²) >= 11 is 0. The molecule has 2 aromatic rings. The number of fused-ring (bicyclic) bond motifs is 3. The van der Waals surface area contributed by atoms with Crippen LogP contribution in [0.25, 0.3) is 5.65 Å². The maximum Gasteiger partial charge on any atom is 0.253 e. The maximum atomic E-state index is 12.7. The van der Waals surface area contributed by atoms with Gasteiger partial charge in [0, 0.05) is 18.3 Å². The van der Waals surface area contributed by atoms with Gasteiger partial charge in [0.15, 0.2) is 5.65 Å². The van der Waals surface area contributed by atoms with E-state index in [0.29, 0.717) is 23.4 Å². The summed E-state index contributed by atoms with van der Waals surface area (Å²) in [6.45, 7) is 1.88. The number of pyridine rings is 1. The van der Waals surface area contributed by atoms with Gasteiger partial charge in [-0.05, 0) is 56.6 Å². The zero-order chi connectivity index (χ0) is 16.0. The predicted molar refractivity (Wildman–Crippen MR) is 102 cm³/mol. The van der Waals surface area contributed by atoms with E-state index in [1.54, 1.807) is 0 Å². The van der Waals surface area contributed by atoms with E-state index in [1.165, 1.54) is 19.3 Å². The standard InChI is InChI=1S/C17H23N5O.2ClH/c1-10-20-21-15-6-5-13(9-22(10)15)17(23)19-16-11-3-2-4-12(16)8-14(18)7-11;;/h5-6,9,11-12,14,16H,2-4,7-8,18H2,1H3,(H,19,23);2*1H. The van der Waals surface area contributed by atoms with Crippen molar-refractivity contribution in [1.82, 2.24) is 19.9 Å². The smallest absolute Gasteiger partial charge is 0.253 e. The van der Waals surface area contributed by atoms with Crippen LogP contribution in [0, 0.1) is 18.8 Å². The molecule has 3 N–H and O–H groups in total. The van der Waals surface area contributed by atoms with E-state index >= 15 is 0 Å². The van der Waals surface area contributed by atoms with Crippen LogP contribution in [0.5, 0.6) is 0 Å². The minimum atomic E-state index is -0.00243. The number of carbonyl (C=O) groups is 1.